The van der Waals surface area contributed by atoms with Crippen molar-refractivity contribution in [3.63, 3.8) is 0 Å². The first-order valence-corrected chi connectivity index (χ1v) is 7.00. The topological polar surface area (TPSA) is 45.2 Å². The zero-order chi connectivity index (χ0) is 15.4. The number of nitrogens with one attached hydrogen (secondary N) is 1. The van der Waals surface area contributed by atoms with E-state index in [4.69, 9.17) is 11.6 Å². The van der Waals surface area contributed by atoms with Crippen molar-refractivity contribution in [2.24, 2.45) is 0 Å². The first-order valence-electron chi connectivity index (χ1n) is 6.62. The molecule has 110 valence electrons. The number of hydrogen-bond acceptors (Lipinski definition) is 3. The van der Waals surface area contributed by atoms with E-state index in [0.29, 0.717) is 5.02 Å². The van der Waals surface area contributed by atoms with E-state index in [2.05, 4.69) is 10.3 Å². The second-order valence-electron chi connectivity index (χ2n) is 5.10. The second kappa shape index (κ2) is 6.70. The number of rotatable bonds is 4. The number of halogens is 1. The van der Waals surface area contributed by atoms with Crippen molar-refractivity contribution in [3.05, 3.63) is 58.9 Å². The van der Waals surface area contributed by atoms with Gasteiger partial charge in [0.25, 0.3) is 0 Å². The highest BCUT2D eigenvalue weighted by molar-refractivity contribution is 6.30. The van der Waals surface area contributed by atoms with Crippen molar-refractivity contribution >= 4 is 23.2 Å². The van der Waals surface area contributed by atoms with Crippen LogP contribution in [-0.2, 0) is 4.79 Å². The minimum atomic E-state index is -0.414. The molecule has 1 aromatic carbocycles. The highest BCUT2D eigenvalue weighted by atomic mass is 35.5. The van der Waals surface area contributed by atoms with Crippen LogP contribution in [-0.4, -0.2) is 29.9 Å². The molecule has 21 heavy (non-hydrogen) atoms. The lowest BCUT2D eigenvalue weighted by Crippen LogP contribution is -2.32. The highest BCUT2D eigenvalue weighted by Gasteiger charge is 2.23. The number of likely N-dealkylation sites (N-methyl/N-ethyl adjacent to an activating group) is 1. The Morgan fingerprint density at radius 1 is 1.33 bits per heavy atom. The van der Waals surface area contributed by atoms with E-state index < -0.39 is 6.04 Å². The van der Waals surface area contributed by atoms with Gasteiger partial charge < -0.3 is 5.32 Å². The zero-order valence-electron chi connectivity index (χ0n) is 12.3. The lowest BCUT2D eigenvalue weighted by molar-refractivity contribution is -0.120. The Balaban J connectivity index is 2.27. The molecule has 0 fully saturated rings. The summed E-state index contributed by atoms with van der Waals surface area (Å²) in [6.07, 6.45) is 3.35. The third-order valence-corrected chi connectivity index (χ3v) is 3.46. The normalized spacial score (nSPS) is 12.2. The molecule has 2 rings (SSSR count). The van der Waals surface area contributed by atoms with Crippen molar-refractivity contribution in [2.45, 2.75) is 13.0 Å². The van der Waals surface area contributed by atoms with Crippen LogP contribution < -0.4 is 5.32 Å². The van der Waals surface area contributed by atoms with E-state index in [-0.39, 0.29) is 5.91 Å². The fourth-order valence-electron chi connectivity index (χ4n) is 2.16. The molecule has 1 N–H and O–H groups in total. The molecule has 5 heteroatoms. The lowest BCUT2D eigenvalue weighted by Gasteiger charge is -2.24. The van der Waals surface area contributed by atoms with Gasteiger partial charge in [0.15, 0.2) is 0 Å². The zero-order valence-corrected chi connectivity index (χ0v) is 13.1. The number of carbonyl (C=O) groups excluding carboxylic acids is 1. The van der Waals surface area contributed by atoms with Crippen LogP contribution in [0.15, 0.2) is 42.7 Å². The molecular formula is C16H18ClN3O. The third kappa shape index (κ3) is 3.80. The number of anilines is 1. The standard InChI is InChI=1S/C16H18ClN3O/c1-11-7-8-18-10-14(11)19-16(21)15(20(2)3)12-5-4-6-13(17)9-12/h4-10,15H,1-3H3,(H,19,21)/t15-/m0/s1. The largest absolute Gasteiger partial charge is 0.323 e. The van der Waals surface area contributed by atoms with Crippen molar-refractivity contribution < 1.29 is 4.79 Å². The monoisotopic (exact) mass is 303 g/mol. The number of pyridine rings is 1. The van der Waals surface area contributed by atoms with Crippen LogP contribution in [0.3, 0.4) is 0 Å². The number of aromatic nitrogens is 1. The average Bonchev–Trinajstić information content (AvgIpc) is 2.41. The van der Waals surface area contributed by atoms with Gasteiger partial charge in [-0.05, 0) is 50.3 Å². The third-order valence-electron chi connectivity index (χ3n) is 3.23. The molecule has 0 radical (unpaired) electrons. The van der Waals surface area contributed by atoms with Crippen molar-refractivity contribution in [1.29, 1.82) is 0 Å². The van der Waals surface area contributed by atoms with E-state index in [0.717, 1.165) is 16.8 Å². The SMILES string of the molecule is Cc1ccncc1NC(=O)[C@H](c1cccc(Cl)c1)N(C)C. The van der Waals surface area contributed by atoms with Crippen LogP contribution in [0.25, 0.3) is 0 Å². The first kappa shape index (κ1) is 15.5. The molecule has 0 saturated heterocycles. The average molecular weight is 304 g/mol. The van der Waals surface area contributed by atoms with Gasteiger partial charge in [0, 0.05) is 11.2 Å². The first-order chi connectivity index (χ1) is 9.99. The second-order valence-corrected chi connectivity index (χ2v) is 5.54. The molecule has 0 aliphatic heterocycles. The van der Waals surface area contributed by atoms with Crippen LogP contribution in [0.1, 0.15) is 17.2 Å². The molecule has 0 spiro atoms. The molecule has 4 nitrogen and oxygen atoms in total. The Hall–Kier alpha value is -1.91. The predicted octanol–water partition coefficient (Wildman–Crippen LogP) is 3.28. The van der Waals surface area contributed by atoms with Crippen LogP contribution in [0.5, 0.6) is 0 Å². The summed E-state index contributed by atoms with van der Waals surface area (Å²) in [5.74, 6) is -0.113. The fourth-order valence-corrected chi connectivity index (χ4v) is 2.36. The van der Waals surface area contributed by atoms with Crippen molar-refractivity contribution in [3.8, 4) is 0 Å². The van der Waals surface area contributed by atoms with Gasteiger partial charge in [-0.2, -0.15) is 0 Å². The molecule has 0 aliphatic rings. The smallest absolute Gasteiger partial charge is 0.246 e. The minimum absolute atomic E-state index is 0.113. The van der Waals surface area contributed by atoms with Gasteiger partial charge in [-0.25, -0.2) is 0 Å². The molecule has 1 aromatic heterocycles. The van der Waals surface area contributed by atoms with Gasteiger partial charge in [-0.1, -0.05) is 23.7 Å². The lowest BCUT2D eigenvalue weighted by atomic mass is 10.0. The summed E-state index contributed by atoms with van der Waals surface area (Å²) < 4.78 is 0. The summed E-state index contributed by atoms with van der Waals surface area (Å²) in [5.41, 5.74) is 2.55. The summed E-state index contributed by atoms with van der Waals surface area (Å²) in [4.78, 5) is 18.5. The van der Waals surface area contributed by atoms with Crippen LogP contribution in [0, 0.1) is 6.92 Å². The van der Waals surface area contributed by atoms with Gasteiger partial charge in [0.1, 0.15) is 6.04 Å². The summed E-state index contributed by atoms with van der Waals surface area (Å²) in [6, 6.07) is 8.79. The van der Waals surface area contributed by atoms with Gasteiger partial charge in [-0.15, -0.1) is 0 Å². The van der Waals surface area contributed by atoms with E-state index in [1.54, 1.807) is 18.5 Å². The maximum atomic E-state index is 12.6. The van der Waals surface area contributed by atoms with Crippen LogP contribution in [0.4, 0.5) is 5.69 Å². The van der Waals surface area contributed by atoms with Gasteiger partial charge in [0.2, 0.25) is 5.91 Å². The van der Waals surface area contributed by atoms with Crippen molar-refractivity contribution in [1.82, 2.24) is 9.88 Å². The minimum Gasteiger partial charge on any atom is -0.323 e. The molecule has 1 atom stereocenters. The Labute approximate surface area is 129 Å². The Kier molecular flexibility index (Phi) is 4.94. The van der Waals surface area contributed by atoms with E-state index in [1.165, 1.54) is 0 Å². The Bertz CT molecular complexity index is 643. The van der Waals surface area contributed by atoms with E-state index in [9.17, 15) is 4.79 Å². The molecule has 1 heterocycles. The summed E-state index contributed by atoms with van der Waals surface area (Å²) in [7, 11) is 3.72. The van der Waals surface area contributed by atoms with E-state index in [1.807, 2.05) is 50.2 Å². The van der Waals surface area contributed by atoms with Crippen LogP contribution in [0.2, 0.25) is 5.02 Å². The number of carbonyl (C=O) groups is 1. The number of benzene rings is 1. The van der Waals surface area contributed by atoms with Crippen molar-refractivity contribution in [2.75, 3.05) is 19.4 Å². The fraction of sp³-hybridized carbons (Fsp3) is 0.250. The predicted molar refractivity (Wildman–Crippen MR) is 85.5 cm³/mol. The molecule has 0 unspecified atom stereocenters. The number of aryl methyl sites for hydroxylation is 1. The molecule has 0 aliphatic carbocycles. The number of hydrogen-bond donors (Lipinski definition) is 1. The van der Waals surface area contributed by atoms with Crippen LogP contribution >= 0.6 is 11.6 Å². The molecule has 0 bridgehead atoms. The number of amides is 1. The highest BCUT2D eigenvalue weighted by Crippen LogP contribution is 2.24. The molecule has 0 saturated carbocycles. The summed E-state index contributed by atoms with van der Waals surface area (Å²) in [5, 5.41) is 3.54. The summed E-state index contributed by atoms with van der Waals surface area (Å²) >= 11 is 6.02. The molecule has 2 aromatic rings. The number of nitrogens with zero attached hydrogens (tertiary/aromatic N) is 2. The maximum Gasteiger partial charge on any atom is 0.246 e. The Morgan fingerprint density at radius 3 is 2.71 bits per heavy atom. The molecular weight excluding hydrogens is 286 g/mol. The van der Waals surface area contributed by atoms with Gasteiger partial charge in [0.05, 0.1) is 11.9 Å². The Morgan fingerprint density at radius 2 is 2.10 bits per heavy atom. The van der Waals surface area contributed by atoms with Gasteiger partial charge >= 0.3 is 0 Å². The van der Waals surface area contributed by atoms with E-state index >= 15 is 0 Å². The van der Waals surface area contributed by atoms with Gasteiger partial charge in [-0.3, -0.25) is 14.7 Å². The quantitative estimate of drug-likeness (QED) is 0.942. The maximum absolute atomic E-state index is 12.6. The molecule has 1 amide bonds. The summed E-state index contributed by atoms with van der Waals surface area (Å²) in [6.45, 7) is 1.93.